The fourth-order valence-corrected chi connectivity index (χ4v) is 6.09. The topological polar surface area (TPSA) is 111 Å². The molecule has 0 bridgehead atoms. The van der Waals surface area contributed by atoms with Crippen molar-refractivity contribution in [2.75, 3.05) is 10.6 Å². The second-order valence-corrected chi connectivity index (χ2v) is 18.8. The number of esters is 2. The molecule has 0 aliphatic rings. The van der Waals surface area contributed by atoms with Crippen LogP contribution in [0.1, 0.15) is 147 Å². The van der Waals surface area contributed by atoms with E-state index in [0.717, 1.165) is 22.3 Å². The largest absolute Gasteiger partial charge is 0.421 e. The van der Waals surface area contributed by atoms with Gasteiger partial charge in [0.1, 0.15) is 0 Å². The summed E-state index contributed by atoms with van der Waals surface area (Å²) in [4.78, 5) is 55.0. The molecule has 0 aliphatic heterocycles. The molecule has 58 heavy (non-hydrogen) atoms. The minimum absolute atomic E-state index is 0.0669. The Labute approximate surface area is 343 Å². The van der Waals surface area contributed by atoms with E-state index in [1.165, 1.54) is 12.1 Å². The van der Waals surface area contributed by atoms with Gasteiger partial charge in [-0.25, -0.2) is 9.59 Å². The Morgan fingerprint density at radius 1 is 0.362 bits per heavy atom. The number of hydrogen-bond donors (Lipinski definition) is 2. The molecule has 0 saturated heterocycles. The third-order valence-electron chi connectivity index (χ3n) is 9.98. The molecular formula is C50H56N2O6. The van der Waals surface area contributed by atoms with E-state index in [1.54, 1.807) is 48.5 Å². The third kappa shape index (κ3) is 10.7. The van der Waals surface area contributed by atoms with Crippen molar-refractivity contribution in [3.63, 3.8) is 0 Å². The zero-order valence-electron chi connectivity index (χ0n) is 35.8. The van der Waals surface area contributed by atoms with Gasteiger partial charge >= 0.3 is 11.9 Å². The lowest BCUT2D eigenvalue weighted by Crippen LogP contribution is -2.19. The molecule has 2 N–H and O–H groups in total. The second-order valence-electron chi connectivity index (χ2n) is 18.8. The maximum atomic E-state index is 13.8. The molecule has 5 aromatic rings. The molecule has 0 fully saturated rings. The number of ether oxygens (including phenoxy) is 2. The first-order valence-electron chi connectivity index (χ1n) is 19.6. The van der Waals surface area contributed by atoms with Gasteiger partial charge in [-0.2, -0.15) is 0 Å². The van der Waals surface area contributed by atoms with E-state index in [-0.39, 0.29) is 55.7 Å². The van der Waals surface area contributed by atoms with Crippen molar-refractivity contribution in [1.29, 1.82) is 0 Å². The normalized spacial score (nSPS) is 12.1. The molecule has 0 aromatic heterocycles. The smallest absolute Gasteiger partial charge is 0.343 e. The molecular weight excluding hydrogens is 725 g/mol. The highest BCUT2D eigenvalue weighted by Crippen LogP contribution is 2.39. The molecule has 0 spiro atoms. The van der Waals surface area contributed by atoms with E-state index in [0.29, 0.717) is 11.1 Å². The van der Waals surface area contributed by atoms with Crippen LogP contribution in [-0.4, -0.2) is 23.8 Å². The number of carbonyl (C=O) groups excluding carboxylic acids is 4. The number of anilines is 2. The standard InChI is InChI=1S/C50H56N2O6/c1-47(2,3)35-21-13-31(14-22-35)43(53)51-39-29-40(52-44(54)32-15-23-36(24-16-32)48(4,5)6)42(58-46(56)34-19-27-38(28-20-34)50(10,11)12)30-41(39)57-45(55)33-17-25-37(26-18-33)49(7,8)9/h13-30H,1-12H3,(H,51,53)(H,52,54). The average molecular weight is 781 g/mol. The number of benzene rings is 5. The Balaban J connectivity index is 1.59. The van der Waals surface area contributed by atoms with Crippen molar-refractivity contribution in [3.8, 4) is 11.5 Å². The summed E-state index contributed by atoms with van der Waals surface area (Å²) in [7, 11) is 0. The maximum Gasteiger partial charge on any atom is 0.343 e. The highest BCUT2D eigenvalue weighted by Gasteiger charge is 2.24. The van der Waals surface area contributed by atoms with Crippen LogP contribution in [-0.2, 0) is 21.7 Å². The van der Waals surface area contributed by atoms with Crippen LogP contribution < -0.4 is 20.1 Å². The van der Waals surface area contributed by atoms with Crippen molar-refractivity contribution >= 4 is 35.1 Å². The van der Waals surface area contributed by atoms with E-state index in [1.807, 2.05) is 48.5 Å². The number of nitrogens with one attached hydrogen (secondary N) is 2. The van der Waals surface area contributed by atoms with E-state index in [2.05, 4.69) is 93.7 Å². The highest BCUT2D eigenvalue weighted by molar-refractivity contribution is 6.08. The molecule has 0 radical (unpaired) electrons. The van der Waals surface area contributed by atoms with Gasteiger partial charge in [0.25, 0.3) is 11.8 Å². The Bertz CT molecular complexity index is 1970. The van der Waals surface area contributed by atoms with Crippen LogP contribution in [0.15, 0.2) is 109 Å². The SMILES string of the molecule is CC(C)(C)c1ccc(C(=O)Nc2cc(NC(=O)c3ccc(C(C)(C)C)cc3)c(OC(=O)c3ccc(C(C)(C)C)cc3)cc2OC(=O)c2ccc(C(C)(C)C)cc2)cc1. The maximum absolute atomic E-state index is 13.8. The first-order valence-corrected chi connectivity index (χ1v) is 19.6. The van der Waals surface area contributed by atoms with E-state index >= 15 is 0 Å². The van der Waals surface area contributed by atoms with Crippen molar-refractivity contribution < 1.29 is 28.7 Å². The van der Waals surface area contributed by atoms with E-state index in [4.69, 9.17) is 9.47 Å². The lowest BCUT2D eigenvalue weighted by atomic mass is 9.86. The lowest BCUT2D eigenvalue weighted by Gasteiger charge is -2.20. The second kappa shape index (κ2) is 16.5. The van der Waals surface area contributed by atoms with Crippen molar-refractivity contribution in [2.45, 2.75) is 105 Å². The zero-order chi connectivity index (χ0) is 42.8. The van der Waals surface area contributed by atoms with Crippen LogP contribution in [0.2, 0.25) is 0 Å². The number of amides is 2. The third-order valence-corrected chi connectivity index (χ3v) is 9.98. The van der Waals surface area contributed by atoms with Gasteiger partial charge in [0.2, 0.25) is 0 Å². The summed E-state index contributed by atoms with van der Waals surface area (Å²) in [5.41, 5.74) is 5.07. The van der Waals surface area contributed by atoms with Gasteiger partial charge in [-0.1, -0.05) is 132 Å². The first-order chi connectivity index (χ1) is 26.9. The van der Waals surface area contributed by atoms with Gasteiger partial charge in [0, 0.05) is 17.2 Å². The van der Waals surface area contributed by atoms with Crippen LogP contribution in [0.3, 0.4) is 0 Å². The summed E-state index contributed by atoms with van der Waals surface area (Å²) in [6.07, 6.45) is 0. The summed E-state index contributed by atoms with van der Waals surface area (Å²) in [5, 5.41) is 5.75. The van der Waals surface area contributed by atoms with E-state index in [9.17, 15) is 19.2 Å². The van der Waals surface area contributed by atoms with Crippen LogP contribution >= 0.6 is 0 Å². The van der Waals surface area contributed by atoms with Gasteiger partial charge in [-0.15, -0.1) is 0 Å². The zero-order valence-corrected chi connectivity index (χ0v) is 35.8. The fourth-order valence-electron chi connectivity index (χ4n) is 6.09. The Morgan fingerprint density at radius 2 is 0.603 bits per heavy atom. The highest BCUT2D eigenvalue weighted by atomic mass is 16.5. The predicted molar refractivity (Wildman–Crippen MR) is 233 cm³/mol. The summed E-state index contributed by atoms with van der Waals surface area (Å²) in [5.74, 6) is -2.55. The Morgan fingerprint density at radius 3 is 0.845 bits per heavy atom. The quantitative estimate of drug-likeness (QED) is 0.120. The molecule has 2 amide bonds. The average Bonchev–Trinajstić information content (AvgIpc) is 3.15. The molecule has 0 saturated carbocycles. The predicted octanol–water partition coefficient (Wildman–Crippen LogP) is 11.8. The summed E-state index contributed by atoms with van der Waals surface area (Å²) < 4.78 is 11.9. The van der Waals surface area contributed by atoms with Gasteiger partial charge in [0.15, 0.2) is 11.5 Å². The lowest BCUT2D eigenvalue weighted by molar-refractivity contribution is 0.0731. The monoisotopic (exact) mass is 780 g/mol. The molecule has 0 aliphatic carbocycles. The molecule has 5 aromatic carbocycles. The number of hydrogen-bond acceptors (Lipinski definition) is 6. The van der Waals surface area contributed by atoms with Crippen molar-refractivity contribution in [3.05, 3.63) is 154 Å². The van der Waals surface area contributed by atoms with Gasteiger partial charge in [-0.3, -0.25) is 9.59 Å². The molecule has 5 rings (SSSR count). The van der Waals surface area contributed by atoms with Crippen molar-refractivity contribution in [1.82, 2.24) is 0 Å². The van der Waals surface area contributed by atoms with Crippen molar-refractivity contribution in [2.24, 2.45) is 0 Å². The summed E-state index contributed by atoms with van der Waals surface area (Å²) in [6, 6.07) is 31.4. The molecule has 8 heteroatoms. The molecule has 0 heterocycles. The van der Waals surface area contributed by atoms with Crippen LogP contribution in [0.25, 0.3) is 0 Å². The van der Waals surface area contributed by atoms with Gasteiger partial charge < -0.3 is 20.1 Å². The van der Waals surface area contributed by atoms with Crippen LogP contribution in [0, 0.1) is 0 Å². The number of carbonyl (C=O) groups is 4. The molecule has 0 atom stereocenters. The Hall–Kier alpha value is -6.02. The van der Waals surface area contributed by atoms with Crippen LogP contribution in [0.5, 0.6) is 11.5 Å². The fraction of sp³-hybridized carbons (Fsp3) is 0.320. The molecule has 302 valence electrons. The summed E-state index contributed by atoms with van der Waals surface area (Å²) >= 11 is 0. The molecule has 0 unspecified atom stereocenters. The Kier molecular flexibility index (Phi) is 12.2. The minimum Gasteiger partial charge on any atom is -0.421 e. The minimum atomic E-state index is -0.698. The summed E-state index contributed by atoms with van der Waals surface area (Å²) in [6.45, 7) is 25.0. The number of rotatable bonds is 8. The van der Waals surface area contributed by atoms with Gasteiger partial charge in [-0.05, 0) is 98.5 Å². The van der Waals surface area contributed by atoms with Crippen LogP contribution in [0.4, 0.5) is 11.4 Å². The van der Waals surface area contributed by atoms with Gasteiger partial charge in [0.05, 0.1) is 22.5 Å². The van der Waals surface area contributed by atoms with E-state index < -0.39 is 23.8 Å². The first kappa shape index (κ1) is 43.1. The molecule has 8 nitrogen and oxygen atoms in total.